The molecule has 1 fully saturated rings. The van der Waals surface area contributed by atoms with Crippen LogP contribution in [-0.2, 0) is 19.1 Å². The van der Waals surface area contributed by atoms with E-state index in [0.29, 0.717) is 6.42 Å². The maximum Gasteiger partial charge on any atom is 0.311 e. The van der Waals surface area contributed by atoms with Gasteiger partial charge in [0, 0.05) is 5.92 Å². The van der Waals surface area contributed by atoms with Crippen molar-refractivity contribution >= 4 is 11.8 Å². The van der Waals surface area contributed by atoms with Gasteiger partial charge >= 0.3 is 5.97 Å². The van der Waals surface area contributed by atoms with Gasteiger partial charge in [0.2, 0.25) is 0 Å². The number of carbonyl (C=O) groups is 2. The van der Waals surface area contributed by atoms with Crippen molar-refractivity contribution in [1.82, 2.24) is 0 Å². The molecule has 1 aliphatic heterocycles. The molecule has 1 heterocycles. The molecule has 0 aliphatic carbocycles. The first-order valence-electron chi connectivity index (χ1n) is 8.52. The number of Topliss-reactive ketones (excluding diaryl/α,β-unsaturated/α-hetero) is 1. The zero-order valence-corrected chi connectivity index (χ0v) is 16.0. The molecule has 0 aromatic rings. The number of ketones is 1. The number of allylic oxidation sites excluding steroid dienone is 1. The predicted octanol–water partition coefficient (Wildman–Crippen LogP) is 3.25. The molecule has 4 atom stereocenters. The van der Waals surface area contributed by atoms with Gasteiger partial charge in [-0.05, 0) is 47.0 Å². The van der Waals surface area contributed by atoms with Gasteiger partial charge in [-0.3, -0.25) is 9.59 Å². The van der Waals surface area contributed by atoms with Gasteiger partial charge in [0.05, 0.1) is 11.5 Å². The number of carbonyl (C=O) groups excluding carboxylic acids is 2. The van der Waals surface area contributed by atoms with Gasteiger partial charge < -0.3 is 14.6 Å². The lowest BCUT2D eigenvalue weighted by molar-refractivity contribution is -0.311. The number of hydrogen-bond acceptors (Lipinski definition) is 5. The van der Waals surface area contributed by atoms with E-state index < -0.39 is 28.9 Å². The molecule has 0 saturated carbocycles. The smallest absolute Gasteiger partial charge is 0.311 e. The monoisotopic (exact) mass is 340 g/mol. The second-order valence-corrected chi connectivity index (χ2v) is 8.41. The molecule has 1 saturated heterocycles. The standard InChI is InChI=1S/C19H32O5/c1-9-10-12(2)15-13(3)16(21)18(7,8)19(22,24-15)11-14(20)23-17(4,5)6/h9,12-13,15,22H,1,10-11H2,2-8H3/t12-,13+,15-,19?/m0/s1. The second kappa shape index (κ2) is 6.96. The third kappa shape index (κ3) is 4.25. The molecule has 1 rings (SSSR count). The molecule has 5 heteroatoms. The highest BCUT2D eigenvalue weighted by Crippen LogP contribution is 2.46. The highest BCUT2D eigenvalue weighted by atomic mass is 16.6. The van der Waals surface area contributed by atoms with Crippen LogP contribution in [0.5, 0.6) is 0 Å². The van der Waals surface area contributed by atoms with E-state index in [9.17, 15) is 14.7 Å². The minimum Gasteiger partial charge on any atom is -0.460 e. The van der Waals surface area contributed by atoms with Gasteiger partial charge in [0.15, 0.2) is 5.79 Å². The average molecular weight is 340 g/mol. The summed E-state index contributed by atoms with van der Waals surface area (Å²) in [5.41, 5.74) is -1.87. The van der Waals surface area contributed by atoms with Crippen LogP contribution in [0.3, 0.4) is 0 Å². The molecule has 1 aliphatic rings. The van der Waals surface area contributed by atoms with E-state index in [0.717, 1.165) is 0 Å². The molecular weight excluding hydrogens is 308 g/mol. The van der Waals surface area contributed by atoms with Crippen LogP contribution in [0, 0.1) is 17.3 Å². The number of rotatable bonds is 5. The van der Waals surface area contributed by atoms with Gasteiger partial charge in [-0.15, -0.1) is 6.58 Å². The predicted molar refractivity (Wildman–Crippen MR) is 92.2 cm³/mol. The highest BCUT2D eigenvalue weighted by Gasteiger charge is 2.59. The van der Waals surface area contributed by atoms with E-state index >= 15 is 0 Å². The Labute approximate surface area is 145 Å². The Morgan fingerprint density at radius 1 is 1.46 bits per heavy atom. The summed E-state index contributed by atoms with van der Waals surface area (Å²) < 4.78 is 11.3. The molecule has 0 aromatic heterocycles. The van der Waals surface area contributed by atoms with Crippen molar-refractivity contribution < 1.29 is 24.2 Å². The summed E-state index contributed by atoms with van der Waals surface area (Å²) in [4.78, 5) is 25.1. The van der Waals surface area contributed by atoms with Crippen molar-refractivity contribution in [1.29, 1.82) is 0 Å². The van der Waals surface area contributed by atoms with Gasteiger partial charge in [0.1, 0.15) is 17.8 Å². The zero-order chi connectivity index (χ0) is 18.9. The van der Waals surface area contributed by atoms with E-state index in [1.54, 1.807) is 47.6 Å². The van der Waals surface area contributed by atoms with Crippen molar-refractivity contribution in [3.8, 4) is 0 Å². The van der Waals surface area contributed by atoms with Gasteiger partial charge in [-0.25, -0.2) is 0 Å². The Kier molecular flexibility index (Phi) is 6.05. The molecule has 0 amide bonds. The van der Waals surface area contributed by atoms with E-state index in [1.165, 1.54) is 0 Å². The third-order valence-corrected chi connectivity index (χ3v) is 4.73. The zero-order valence-electron chi connectivity index (χ0n) is 16.0. The van der Waals surface area contributed by atoms with Gasteiger partial charge in [-0.1, -0.05) is 19.9 Å². The molecule has 1 unspecified atom stereocenters. The first-order chi connectivity index (χ1) is 10.7. The van der Waals surface area contributed by atoms with Gasteiger partial charge in [-0.2, -0.15) is 0 Å². The Balaban J connectivity index is 3.10. The highest BCUT2D eigenvalue weighted by molar-refractivity contribution is 5.89. The number of ether oxygens (including phenoxy) is 2. The van der Waals surface area contributed by atoms with Crippen LogP contribution in [-0.4, -0.2) is 34.4 Å². The van der Waals surface area contributed by atoms with Crippen LogP contribution in [0.1, 0.15) is 61.3 Å². The van der Waals surface area contributed by atoms with Crippen LogP contribution in [0.4, 0.5) is 0 Å². The molecule has 0 aromatic carbocycles. The van der Waals surface area contributed by atoms with Crippen molar-refractivity contribution in [2.24, 2.45) is 17.3 Å². The maximum absolute atomic E-state index is 12.8. The lowest BCUT2D eigenvalue weighted by Crippen LogP contribution is -2.63. The first kappa shape index (κ1) is 20.8. The summed E-state index contributed by atoms with van der Waals surface area (Å²) in [6, 6.07) is 0. The lowest BCUT2D eigenvalue weighted by atomic mass is 9.68. The molecule has 138 valence electrons. The van der Waals surface area contributed by atoms with Crippen LogP contribution >= 0.6 is 0 Å². The fourth-order valence-electron chi connectivity index (χ4n) is 3.23. The largest absolute Gasteiger partial charge is 0.460 e. The summed E-state index contributed by atoms with van der Waals surface area (Å²) in [6.07, 6.45) is 1.56. The summed E-state index contributed by atoms with van der Waals surface area (Å²) >= 11 is 0. The summed E-state index contributed by atoms with van der Waals surface area (Å²) in [7, 11) is 0. The molecule has 0 radical (unpaired) electrons. The first-order valence-corrected chi connectivity index (χ1v) is 8.52. The lowest BCUT2D eigenvalue weighted by Gasteiger charge is -2.51. The minimum atomic E-state index is -1.89. The van der Waals surface area contributed by atoms with Crippen LogP contribution in [0.25, 0.3) is 0 Å². The number of hydrogen-bond donors (Lipinski definition) is 1. The Hall–Kier alpha value is -1.20. The maximum atomic E-state index is 12.8. The fraction of sp³-hybridized carbons (Fsp3) is 0.789. The van der Waals surface area contributed by atoms with Crippen molar-refractivity contribution in [2.45, 2.75) is 78.8 Å². The Morgan fingerprint density at radius 3 is 2.46 bits per heavy atom. The molecule has 1 N–H and O–H groups in total. The van der Waals surface area contributed by atoms with Crippen LogP contribution < -0.4 is 0 Å². The Morgan fingerprint density at radius 2 is 2.00 bits per heavy atom. The summed E-state index contributed by atoms with van der Waals surface area (Å²) in [5, 5.41) is 11.1. The van der Waals surface area contributed by atoms with Crippen LogP contribution in [0.15, 0.2) is 12.7 Å². The van der Waals surface area contributed by atoms with Crippen molar-refractivity contribution in [3.63, 3.8) is 0 Å². The number of aliphatic hydroxyl groups is 1. The summed E-state index contributed by atoms with van der Waals surface area (Å²) in [5.74, 6) is -2.95. The normalized spacial score (nSPS) is 31.4. The van der Waals surface area contributed by atoms with E-state index in [1.807, 2.05) is 6.92 Å². The van der Waals surface area contributed by atoms with Crippen molar-refractivity contribution in [2.75, 3.05) is 0 Å². The second-order valence-electron chi connectivity index (χ2n) is 8.41. The van der Waals surface area contributed by atoms with E-state index in [2.05, 4.69) is 6.58 Å². The molecular formula is C19H32O5. The molecule has 24 heavy (non-hydrogen) atoms. The van der Waals surface area contributed by atoms with Crippen molar-refractivity contribution in [3.05, 3.63) is 12.7 Å². The topological polar surface area (TPSA) is 72.8 Å². The van der Waals surface area contributed by atoms with Crippen LogP contribution in [0.2, 0.25) is 0 Å². The molecule has 0 bridgehead atoms. The third-order valence-electron chi connectivity index (χ3n) is 4.73. The minimum absolute atomic E-state index is 0.00251. The fourth-order valence-corrected chi connectivity index (χ4v) is 3.23. The van der Waals surface area contributed by atoms with E-state index in [-0.39, 0.29) is 24.0 Å². The molecule has 5 nitrogen and oxygen atoms in total. The van der Waals surface area contributed by atoms with E-state index in [4.69, 9.17) is 9.47 Å². The quantitative estimate of drug-likeness (QED) is 0.614. The SMILES string of the molecule is C=CC[C@H](C)[C@@H]1OC(O)(CC(=O)OC(C)(C)C)C(C)(C)C(=O)[C@@H]1C. The average Bonchev–Trinajstić information content (AvgIpc) is 2.39. The van der Waals surface area contributed by atoms with Gasteiger partial charge in [0.25, 0.3) is 0 Å². The number of esters is 1. The summed E-state index contributed by atoms with van der Waals surface area (Å²) in [6.45, 7) is 16.0. The Bertz CT molecular complexity index is 502. The molecule has 0 spiro atoms.